The van der Waals surface area contributed by atoms with E-state index in [2.05, 4.69) is 0 Å². The fraction of sp³-hybridized carbons (Fsp3) is 0.455. The van der Waals surface area contributed by atoms with Crippen molar-refractivity contribution in [2.75, 3.05) is 12.4 Å². The van der Waals surface area contributed by atoms with Crippen LogP contribution in [0.5, 0.6) is 5.75 Å². The highest BCUT2D eigenvalue weighted by Crippen LogP contribution is 2.18. The van der Waals surface area contributed by atoms with Gasteiger partial charge >= 0.3 is 0 Å². The molecule has 0 amide bonds. The minimum Gasteiger partial charge on any atom is -0.493 e. The van der Waals surface area contributed by atoms with Gasteiger partial charge in [0.2, 0.25) is 9.05 Å². The Balaban J connectivity index is 2.32. The van der Waals surface area contributed by atoms with Crippen molar-refractivity contribution in [3.05, 3.63) is 29.6 Å². The predicted molar refractivity (Wildman–Crippen MR) is 65.5 cm³/mol. The third-order valence-corrected chi connectivity index (χ3v) is 3.42. The number of benzene rings is 1. The van der Waals surface area contributed by atoms with Gasteiger partial charge in [-0.2, -0.15) is 0 Å². The summed E-state index contributed by atoms with van der Waals surface area (Å²) >= 11 is 0. The van der Waals surface area contributed by atoms with Gasteiger partial charge in [0.25, 0.3) is 0 Å². The molecule has 0 atom stereocenters. The van der Waals surface area contributed by atoms with Crippen LogP contribution in [0.4, 0.5) is 4.39 Å². The Morgan fingerprint density at radius 3 is 2.65 bits per heavy atom. The van der Waals surface area contributed by atoms with Crippen molar-refractivity contribution in [3.63, 3.8) is 0 Å². The zero-order chi connectivity index (χ0) is 12.9. The maximum atomic E-state index is 12.8. The van der Waals surface area contributed by atoms with Crippen molar-refractivity contribution in [3.8, 4) is 5.75 Å². The molecule has 0 unspecified atom stereocenters. The normalized spacial score (nSPS) is 11.5. The number of hydrogen-bond acceptors (Lipinski definition) is 3. The van der Waals surface area contributed by atoms with Crippen LogP contribution < -0.4 is 4.74 Å². The highest BCUT2D eigenvalue weighted by atomic mass is 35.7. The summed E-state index contributed by atoms with van der Waals surface area (Å²) in [6.45, 7) is 2.14. The van der Waals surface area contributed by atoms with Crippen LogP contribution in [-0.4, -0.2) is 20.8 Å². The van der Waals surface area contributed by atoms with Crippen LogP contribution in [0.3, 0.4) is 0 Å². The van der Waals surface area contributed by atoms with E-state index in [1.165, 1.54) is 12.1 Å². The second-order valence-electron chi connectivity index (χ2n) is 3.71. The van der Waals surface area contributed by atoms with Crippen LogP contribution in [0.2, 0.25) is 0 Å². The molecule has 0 aromatic heterocycles. The molecule has 96 valence electrons. The molecule has 1 aromatic carbocycles. The van der Waals surface area contributed by atoms with Gasteiger partial charge in [-0.3, -0.25) is 0 Å². The number of rotatable bonds is 6. The Bertz CT molecular complexity index is 474. The Hall–Kier alpha value is -0.810. The van der Waals surface area contributed by atoms with Crippen molar-refractivity contribution >= 4 is 19.7 Å². The van der Waals surface area contributed by atoms with E-state index in [1.807, 2.05) is 0 Å². The molecule has 0 aliphatic carbocycles. The summed E-state index contributed by atoms with van der Waals surface area (Å²) in [6, 6.07) is 4.27. The molecule has 17 heavy (non-hydrogen) atoms. The lowest BCUT2D eigenvalue weighted by Gasteiger charge is -2.08. The standard InChI is InChI=1S/C11H14ClFO3S/c1-9-8-10(13)4-5-11(9)16-6-2-3-7-17(12,14)15/h4-5,8H,2-3,6-7H2,1H3. The van der Waals surface area contributed by atoms with Gasteiger partial charge < -0.3 is 4.74 Å². The summed E-state index contributed by atoms with van der Waals surface area (Å²) in [5.74, 6) is 0.253. The first-order valence-electron chi connectivity index (χ1n) is 5.20. The van der Waals surface area contributed by atoms with Crippen molar-refractivity contribution in [1.29, 1.82) is 0 Å². The first-order valence-corrected chi connectivity index (χ1v) is 7.67. The van der Waals surface area contributed by atoms with E-state index in [1.54, 1.807) is 13.0 Å². The molecule has 0 spiro atoms. The SMILES string of the molecule is Cc1cc(F)ccc1OCCCCS(=O)(=O)Cl. The lowest BCUT2D eigenvalue weighted by molar-refractivity contribution is 0.307. The van der Waals surface area contributed by atoms with Crippen molar-refractivity contribution < 1.29 is 17.5 Å². The summed E-state index contributed by atoms with van der Waals surface area (Å²) < 4.78 is 39.5. The summed E-state index contributed by atoms with van der Waals surface area (Å²) in [4.78, 5) is 0. The van der Waals surface area contributed by atoms with Gasteiger partial charge in [0.1, 0.15) is 11.6 Å². The van der Waals surface area contributed by atoms with Crippen LogP contribution in [0.15, 0.2) is 18.2 Å². The van der Waals surface area contributed by atoms with Gasteiger partial charge in [0.05, 0.1) is 12.4 Å². The van der Waals surface area contributed by atoms with E-state index in [0.717, 1.165) is 5.56 Å². The molecule has 0 fully saturated rings. The Labute approximate surface area is 105 Å². The molecule has 3 nitrogen and oxygen atoms in total. The molecule has 0 N–H and O–H groups in total. The van der Waals surface area contributed by atoms with Gasteiger partial charge in [-0.25, -0.2) is 12.8 Å². The lowest BCUT2D eigenvalue weighted by atomic mass is 10.2. The van der Waals surface area contributed by atoms with E-state index in [4.69, 9.17) is 15.4 Å². The molecule has 0 heterocycles. The second kappa shape index (κ2) is 6.21. The van der Waals surface area contributed by atoms with E-state index < -0.39 is 9.05 Å². The smallest absolute Gasteiger partial charge is 0.232 e. The predicted octanol–water partition coefficient (Wildman–Crippen LogP) is 2.86. The highest BCUT2D eigenvalue weighted by Gasteiger charge is 2.05. The fourth-order valence-electron chi connectivity index (χ4n) is 1.33. The molecule has 0 aliphatic rings. The molecule has 0 radical (unpaired) electrons. The first-order chi connectivity index (χ1) is 7.88. The molecule has 0 saturated carbocycles. The monoisotopic (exact) mass is 280 g/mol. The van der Waals surface area contributed by atoms with Crippen LogP contribution in [0.1, 0.15) is 18.4 Å². The third-order valence-electron chi connectivity index (χ3n) is 2.18. The summed E-state index contributed by atoms with van der Waals surface area (Å²) in [5, 5.41) is 0. The van der Waals surface area contributed by atoms with Gasteiger partial charge in [0.15, 0.2) is 0 Å². The largest absolute Gasteiger partial charge is 0.493 e. The van der Waals surface area contributed by atoms with Gasteiger partial charge in [-0.05, 0) is 43.5 Å². The summed E-state index contributed by atoms with van der Waals surface area (Å²) in [5.41, 5.74) is 0.718. The average molecular weight is 281 g/mol. The van der Waals surface area contributed by atoms with Gasteiger partial charge in [0, 0.05) is 10.7 Å². The average Bonchev–Trinajstić information content (AvgIpc) is 2.18. The van der Waals surface area contributed by atoms with Crippen LogP contribution >= 0.6 is 10.7 Å². The zero-order valence-electron chi connectivity index (χ0n) is 9.45. The fourth-order valence-corrected chi connectivity index (χ4v) is 2.21. The molecular weight excluding hydrogens is 267 g/mol. The molecule has 0 saturated heterocycles. The Kier molecular flexibility index (Phi) is 5.21. The Morgan fingerprint density at radius 1 is 1.35 bits per heavy atom. The lowest BCUT2D eigenvalue weighted by Crippen LogP contribution is -2.03. The first kappa shape index (κ1) is 14.3. The number of unbranched alkanes of at least 4 members (excludes halogenated alkanes) is 1. The van der Waals surface area contributed by atoms with Gasteiger partial charge in [-0.1, -0.05) is 0 Å². The zero-order valence-corrected chi connectivity index (χ0v) is 11.0. The maximum absolute atomic E-state index is 12.8. The van der Waals surface area contributed by atoms with Gasteiger partial charge in [-0.15, -0.1) is 0 Å². The van der Waals surface area contributed by atoms with Crippen LogP contribution in [0, 0.1) is 12.7 Å². The second-order valence-corrected chi connectivity index (χ2v) is 6.60. The third kappa shape index (κ3) is 5.89. The minimum atomic E-state index is -3.42. The van der Waals surface area contributed by atoms with Crippen molar-refractivity contribution in [2.24, 2.45) is 0 Å². The molecule has 0 aliphatic heterocycles. The van der Waals surface area contributed by atoms with E-state index in [9.17, 15) is 12.8 Å². The number of halogens is 2. The van der Waals surface area contributed by atoms with E-state index in [0.29, 0.717) is 25.2 Å². The molecule has 1 rings (SSSR count). The topological polar surface area (TPSA) is 43.4 Å². The molecule has 0 bridgehead atoms. The maximum Gasteiger partial charge on any atom is 0.232 e. The van der Waals surface area contributed by atoms with E-state index in [-0.39, 0.29) is 11.6 Å². The van der Waals surface area contributed by atoms with Crippen LogP contribution in [0.25, 0.3) is 0 Å². The summed E-state index contributed by atoms with van der Waals surface area (Å²) in [6.07, 6.45) is 1.04. The number of ether oxygens (including phenoxy) is 1. The Morgan fingerprint density at radius 2 is 2.06 bits per heavy atom. The van der Waals surface area contributed by atoms with Crippen molar-refractivity contribution in [2.45, 2.75) is 19.8 Å². The van der Waals surface area contributed by atoms with Crippen molar-refractivity contribution in [1.82, 2.24) is 0 Å². The number of aryl methyl sites for hydroxylation is 1. The molecule has 6 heteroatoms. The molecule has 1 aromatic rings. The quantitative estimate of drug-likeness (QED) is 0.594. The highest BCUT2D eigenvalue weighted by molar-refractivity contribution is 8.13. The van der Waals surface area contributed by atoms with Crippen LogP contribution in [-0.2, 0) is 9.05 Å². The summed E-state index contributed by atoms with van der Waals surface area (Å²) in [7, 11) is 1.65. The number of hydrogen-bond donors (Lipinski definition) is 0. The minimum absolute atomic E-state index is 0.0552. The van der Waals surface area contributed by atoms with E-state index >= 15 is 0 Å². The molecular formula is C11H14ClFO3S.